The lowest BCUT2D eigenvalue weighted by molar-refractivity contribution is 0.609. The molecule has 0 aliphatic carbocycles. The average Bonchev–Trinajstić information content (AvgIpc) is 2.48. The van der Waals surface area contributed by atoms with Gasteiger partial charge in [-0.15, -0.1) is 0 Å². The number of nitrogens with one attached hydrogen (secondary N) is 1. The Morgan fingerprint density at radius 3 is 2.05 bits per heavy atom. The maximum absolute atomic E-state index is 5.92. The molecule has 0 radical (unpaired) electrons. The van der Waals surface area contributed by atoms with Gasteiger partial charge in [-0.05, 0) is 54.3 Å². The van der Waals surface area contributed by atoms with Crippen molar-refractivity contribution in [1.29, 1.82) is 0 Å². The van der Waals surface area contributed by atoms with Crippen molar-refractivity contribution in [2.45, 2.75) is 26.2 Å². The SMILES string of the molecule is CCNCCC(C)c1ccc(-c2ccc(Cl)cc2)cc1. The van der Waals surface area contributed by atoms with Crippen molar-refractivity contribution in [1.82, 2.24) is 5.32 Å². The first-order valence-electron chi connectivity index (χ1n) is 7.27. The Hall–Kier alpha value is -1.31. The average molecular weight is 288 g/mol. The second-order valence-electron chi connectivity index (χ2n) is 5.17. The summed E-state index contributed by atoms with van der Waals surface area (Å²) in [6, 6.07) is 16.9. The molecule has 2 heteroatoms. The van der Waals surface area contributed by atoms with Crippen LogP contribution in [0.4, 0.5) is 0 Å². The molecule has 106 valence electrons. The molecule has 20 heavy (non-hydrogen) atoms. The van der Waals surface area contributed by atoms with Crippen molar-refractivity contribution in [2.75, 3.05) is 13.1 Å². The lowest BCUT2D eigenvalue weighted by Crippen LogP contribution is -2.15. The highest BCUT2D eigenvalue weighted by Crippen LogP contribution is 2.25. The van der Waals surface area contributed by atoms with Gasteiger partial charge in [0.2, 0.25) is 0 Å². The van der Waals surface area contributed by atoms with Gasteiger partial charge in [0.1, 0.15) is 0 Å². The quantitative estimate of drug-likeness (QED) is 0.728. The topological polar surface area (TPSA) is 12.0 Å². The summed E-state index contributed by atoms with van der Waals surface area (Å²) in [5.74, 6) is 0.591. The summed E-state index contributed by atoms with van der Waals surface area (Å²) in [7, 11) is 0. The van der Waals surface area contributed by atoms with Crippen molar-refractivity contribution >= 4 is 11.6 Å². The van der Waals surface area contributed by atoms with E-state index in [1.54, 1.807) is 0 Å². The molecular weight excluding hydrogens is 266 g/mol. The molecule has 2 aromatic rings. The minimum absolute atomic E-state index is 0.591. The fourth-order valence-electron chi connectivity index (χ4n) is 2.31. The minimum atomic E-state index is 0.591. The van der Waals surface area contributed by atoms with E-state index in [0.717, 1.165) is 18.1 Å². The number of hydrogen-bond donors (Lipinski definition) is 1. The maximum atomic E-state index is 5.92. The third kappa shape index (κ3) is 4.09. The molecule has 0 fully saturated rings. The zero-order valence-corrected chi connectivity index (χ0v) is 13.0. The summed E-state index contributed by atoms with van der Waals surface area (Å²) >= 11 is 5.92. The zero-order chi connectivity index (χ0) is 14.4. The predicted octanol–water partition coefficient (Wildman–Crippen LogP) is 5.11. The second-order valence-corrected chi connectivity index (χ2v) is 5.61. The Balaban J connectivity index is 2.04. The summed E-state index contributed by atoms with van der Waals surface area (Å²) in [6.07, 6.45) is 1.17. The van der Waals surface area contributed by atoms with E-state index in [1.807, 2.05) is 12.1 Å². The van der Waals surface area contributed by atoms with Gasteiger partial charge in [-0.2, -0.15) is 0 Å². The lowest BCUT2D eigenvalue weighted by Gasteiger charge is -2.13. The molecule has 0 aromatic heterocycles. The van der Waals surface area contributed by atoms with Gasteiger partial charge < -0.3 is 5.32 Å². The van der Waals surface area contributed by atoms with Crippen molar-refractivity contribution < 1.29 is 0 Å². The third-order valence-electron chi connectivity index (χ3n) is 3.66. The van der Waals surface area contributed by atoms with Crippen LogP contribution < -0.4 is 5.32 Å². The van der Waals surface area contributed by atoms with Gasteiger partial charge in [0.25, 0.3) is 0 Å². The number of rotatable bonds is 6. The summed E-state index contributed by atoms with van der Waals surface area (Å²) in [4.78, 5) is 0. The molecule has 0 saturated heterocycles. The van der Waals surface area contributed by atoms with E-state index < -0.39 is 0 Å². The van der Waals surface area contributed by atoms with Crippen LogP contribution >= 0.6 is 11.6 Å². The Kier molecular flexibility index (Phi) is 5.63. The molecule has 1 unspecified atom stereocenters. The van der Waals surface area contributed by atoms with Crippen molar-refractivity contribution in [3.05, 3.63) is 59.1 Å². The van der Waals surface area contributed by atoms with E-state index in [9.17, 15) is 0 Å². The van der Waals surface area contributed by atoms with Crippen LogP contribution in [0.25, 0.3) is 11.1 Å². The van der Waals surface area contributed by atoms with E-state index in [0.29, 0.717) is 5.92 Å². The van der Waals surface area contributed by atoms with Crippen LogP contribution in [0.15, 0.2) is 48.5 Å². The van der Waals surface area contributed by atoms with Crippen LogP contribution in [0.3, 0.4) is 0 Å². The van der Waals surface area contributed by atoms with Crippen molar-refractivity contribution in [3.63, 3.8) is 0 Å². The molecule has 1 N–H and O–H groups in total. The molecule has 0 amide bonds. The van der Waals surface area contributed by atoms with Crippen molar-refractivity contribution in [3.8, 4) is 11.1 Å². The van der Waals surface area contributed by atoms with Gasteiger partial charge in [-0.1, -0.05) is 61.8 Å². The van der Waals surface area contributed by atoms with Crippen LogP contribution in [0.1, 0.15) is 31.7 Å². The van der Waals surface area contributed by atoms with Gasteiger partial charge in [0, 0.05) is 5.02 Å². The highest BCUT2D eigenvalue weighted by molar-refractivity contribution is 6.30. The summed E-state index contributed by atoms with van der Waals surface area (Å²) < 4.78 is 0. The fraction of sp³-hybridized carbons (Fsp3) is 0.333. The van der Waals surface area contributed by atoms with E-state index >= 15 is 0 Å². The smallest absolute Gasteiger partial charge is 0.0406 e. The molecule has 0 spiro atoms. The molecule has 0 aliphatic rings. The summed E-state index contributed by atoms with van der Waals surface area (Å²) in [5, 5.41) is 4.16. The predicted molar refractivity (Wildman–Crippen MR) is 88.5 cm³/mol. The van der Waals surface area contributed by atoms with Crippen LogP contribution in [0.5, 0.6) is 0 Å². The van der Waals surface area contributed by atoms with E-state index in [-0.39, 0.29) is 0 Å². The van der Waals surface area contributed by atoms with E-state index in [1.165, 1.54) is 23.1 Å². The molecule has 2 aromatic carbocycles. The van der Waals surface area contributed by atoms with Gasteiger partial charge in [0.15, 0.2) is 0 Å². The Morgan fingerprint density at radius 1 is 0.950 bits per heavy atom. The van der Waals surface area contributed by atoms with Gasteiger partial charge in [-0.3, -0.25) is 0 Å². The van der Waals surface area contributed by atoms with Gasteiger partial charge in [-0.25, -0.2) is 0 Å². The Bertz CT molecular complexity index is 516. The van der Waals surface area contributed by atoms with Crippen LogP contribution in [-0.4, -0.2) is 13.1 Å². The highest BCUT2D eigenvalue weighted by Gasteiger charge is 2.05. The molecular formula is C18H22ClN. The molecule has 0 bridgehead atoms. The number of hydrogen-bond acceptors (Lipinski definition) is 1. The number of benzene rings is 2. The van der Waals surface area contributed by atoms with Crippen LogP contribution in [0, 0.1) is 0 Å². The van der Waals surface area contributed by atoms with E-state index in [4.69, 9.17) is 11.6 Å². The van der Waals surface area contributed by atoms with Gasteiger partial charge in [0.05, 0.1) is 0 Å². The fourth-order valence-corrected chi connectivity index (χ4v) is 2.43. The highest BCUT2D eigenvalue weighted by atomic mass is 35.5. The minimum Gasteiger partial charge on any atom is -0.317 e. The molecule has 1 nitrogen and oxygen atoms in total. The van der Waals surface area contributed by atoms with Gasteiger partial charge >= 0.3 is 0 Å². The first-order chi connectivity index (χ1) is 9.70. The lowest BCUT2D eigenvalue weighted by atomic mass is 9.95. The zero-order valence-electron chi connectivity index (χ0n) is 12.2. The molecule has 0 aliphatic heterocycles. The van der Waals surface area contributed by atoms with E-state index in [2.05, 4.69) is 55.6 Å². The first-order valence-corrected chi connectivity index (χ1v) is 7.65. The summed E-state index contributed by atoms with van der Waals surface area (Å²) in [6.45, 7) is 6.55. The van der Waals surface area contributed by atoms with Crippen molar-refractivity contribution in [2.24, 2.45) is 0 Å². The standard InChI is InChI=1S/C18H22ClN/c1-3-20-13-12-14(2)15-4-6-16(7-5-15)17-8-10-18(19)11-9-17/h4-11,14,20H,3,12-13H2,1-2H3. The van der Waals surface area contributed by atoms with Crippen LogP contribution in [-0.2, 0) is 0 Å². The molecule has 0 heterocycles. The normalized spacial score (nSPS) is 12.3. The second kappa shape index (κ2) is 7.47. The molecule has 1 atom stereocenters. The largest absolute Gasteiger partial charge is 0.317 e. The third-order valence-corrected chi connectivity index (χ3v) is 3.91. The first kappa shape index (κ1) is 15.1. The molecule has 2 rings (SSSR count). The Labute approximate surface area is 127 Å². The monoisotopic (exact) mass is 287 g/mol. The maximum Gasteiger partial charge on any atom is 0.0406 e. The number of halogens is 1. The summed E-state index contributed by atoms with van der Waals surface area (Å²) in [5.41, 5.74) is 3.85. The Morgan fingerprint density at radius 2 is 1.50 bits per heavy atom. The molecule has 0 saturated carbocycles. The van der Waals surface area contributed by atoms with Crippen LogP contribution in [0.2, 0.25) is 5.02 Å².